The van der Waals surface area contributed by atoms with Crippen molar-refractivity contribution in [2.75, 3.05) is 51.4 Å². The van der Waals surface area contributed by atoms with Crippen LogP contribution in [0.1, 0.15) is 42.1 Å². The van der Waals surface area contributed by atoms with Gasteiger partial charge in [0.2, 0.25) is 10.0 Å². The zero-order valence-electron chi connectivity index (χ0n) is 26.5. The predicted octanol–water partition coefficient (Wildman–Crippen LogP) is 3.73. The lowest BCUT2D eigenvalue weighted by atomic mass is 10.0. The lowest BCUT2D eigenvalue weighted by Crippen LogP contribution is -2.38. The van der Waals surface area contributed by atoms with Crippen LogP contribution in [0.2, 0.25) is 0 Å². The maximum atomic E-state index is 13.2. The molecule has 15 heteroatoms. The molecule has 0 radical (unpaired) electrons. The van der Waals surface area contributed by atoms with Gasteiger partial charge in [0, 0.05) is 83.2 Å². The summed E-state index contributed by atoms with van der Waals surface area (Å²) in [6.45, 7) is 3.55. The number of anilines is 1. The molecule has 46 heavy (non-hydrogen) atoms. The second kappa shape index (κ2) is 12.2. The standard InChI is InChI=1S/C31H39F3N8O3S/c1-37(2)27-11-10-26-29(35-27)42(30(43)38(26)3)23-12-17-39(18-13-23)15-5-16-41-25-14-19-40(46(4,44)45)20-24(25)28(36-41)21-6-8-22(9-7-21)31(32,33)34/h6-11,23H,5,12-20H2,1-4H3. The van der Waals surface area contributed by atoms with Crippen molar-refractivity contribution < 1.29 is 21.6 Å². The van der Waals surface area contributed by atoms with Gasteiger partial charge in [-0.05, 0) is 50.1 Å². The van der Waals surface area contributed by atoms with Crippen molar-refractivity contribution in [3.05, 3.63) is 63.7 Å². The molecule has 0 atom stereocenters. The van der Waals surface area contributed by atoms with Gasteiger partial charge in [0.05, 0.1) is 23.0 Å². The third-order valence-electron chi connectivity index (χ3n) is 9.20. The first kappa shape index (κ1) is 32.3. The van der Waals surface area contributed by atoms with E-state index in [9.17, 15) is 26.4 Å². The number of imidazole rings is 1. The SMILES string of the molecule is CN(C)c1ccc2c(n1)n(C1CCN(CCCn3nc(-c4ccc(C(F)(F)F)cc4)c4c3CCN(S(C)(=O)=O)C4)CC1)c(=O)n2C. The molecule has 1 saturated heterocycles. The van der Waals surface area contributed by atoms with Gasteiger partial charge in [-0.2, -0.15) is 22.6 Å². The molecule has 3 aromatic heterocycles. The average Bonchev–Trinajstić information content (AvgIpc) is 3.50. The fourth-order valence-corrected chi connectivity index (χ4v) is 7.42. The number of pyridine rings is 1. The molecule has 248 valence electrons. The van der Waals surface area contributed by atoms with E-state index < -0.39 is 21.8 Å². The first-order valence-electron chi connectivity index (χ1n) is 15.4. The maximum Gasteiger partial charge on any atom is 0.416 e. The van der Waals surface area contributed by atoms with Gasteiger partial charge in [-0.1, -0.05) is 12.1 Å². The Kier molecular flexibility index (Phi) is 8.52. The summed E-state index contributed by atoms with van der Waals surface area (Å²) in [5, 5.41) is 4.81. The minimum Gasteiger partial charge on any atom is -0.363 e. The molecule has 0 unspecified atom stereocenters. The van der Waals surface area contributed by atoms with Crippen LogP contribution < -0.4 is 10.6 Å². The van der Waals surface area contributed by atoms with E-state index in [-0.39, 0.29) is 18.3 Å². The van der Waals surface area contributed by atoms with Crippen LogP contribution in [0.3, 0.4) is 0 Å². The molecule has 11 nitrogen and oxygen atoms in total. The van der Waals surface area contributed by atoms with E-state index in [4.69, 9.17) is 10.1 Å². The summed E-state index contributed by atoms with van der Waals surface area (Å²) < 4.78 is 71.0. The van der Waals surface area contributed by atoms with Crippen LogP contribution in [-0.4, -0.2) is 88.1 Å². The fourth-order valence-electron chi connectivity index (χ4n) is 6.63. The van der Waals surface area contributed by atoms with Gasteiger partial charge in [0.15, 0.2) is 5.65 Å². The lowest BCUT2D eigenvalue weighted by Gasteiger charge is -2.32. The fraction of sp³-hybridized carbons (Fsp3) is 0.516. The van der Waals surface area contributed by atoms with Crippen molar-refractivity contribution in [1.82, 2.24) is 33.1 Å². The van der Waals surface area contributed by atoms with Crippen LogP contribution in [0.15, 0.2) is 41.2 Å². The molecule has 0 spiro atoms. The quantitative estimate of drug-likeness (QED) is 0.284. The third kappa shape index (κ3) is 6.19. The molecule has 5 heterocycles. The topological polar surface area (TPSA) is 102 Å². The van der Waals surface area contributed by atoms with E-state index >= 15 is 0 Å². The van der Waals surface area contributed by atoms with Crippen molar-refractivity contribution in [2.24, 2.45) is 7.05 Å². The van der Waals surface area contributed by atoms with Gasteiger partial charge in [0.1, 0.15) is 5.82 Å². The van der Waals surface area contributed by atoms with E-state index in [2.05, 4.69) is 4.90 Å². The van der Waals surface area contributed by atoms with E-state index in [0.29, 0.717) is 36.4 Å². The zero-order chi connectivity index (χ0) is 33.0. The number of likely N-dealkylation sites (tertiary alicyclic amines) is 1. The third-order valence-corrected chi connectivity index (χ3v) is 10.5. The molecule has 6 rings (SSSR count). The van der Waals surface area contributed by atoms with Crippen molar-refractivity contribution >= 4 is 27.0 Å². The van der Waals surface area contributed by atoms with Gasteiger partial charge in [0.25, 0.3) is 0 Å². The zero-order valence-corrected chi connectivity index (χ0v) is 27.3. The normalized spacial score (nSPS) is 17.1. The Balaban J connectivity index is 1.15. The molecule has 2 aliphatic rings. The Morgan fingerprint density at radius 3 is 2.33 bits per heavy atom. The molecule has 0 amide bonds. The van der Waals surface area contributed by atoms with E-state index in [1.807, 2.05) is 40.4 Å². The molecule has 2 aliphatic heterocycles. The Morgan fingerprint density at radius 1 is 1.00 bits per heavy atom. The highest BCUT2D eigenvalue weighted by Crippen LogP contribution is 2.34. The van der Waals surface area contributed by atoms with Gasteiger partial charge in [-0.3, -0.25) is 13.8 Å². The molecule has 1 fully saturated rings. The molecule has 1 aromatic carbocycles. The molecular formula is C31H39F3N8O3S. The van der Waals surface area contributed by atoms with Gasteiger partial charge < -0.3 is 9.80 Å². The number of alkyl halides is 3. The van der Waals surface area contributed by atoms with Crippen LogP contribution in [0.5, 0.6) is 0 Å². The minimum atomic E-state index is -4.45. The predicted molar refractivity (Wildman–Crippen MR) is 170 cm³/mol. The summed E-state index contributed by atoms with van der Waals surface area (Å²) in [5.41, 5.74) is 3.43. The summed E-state index contributed by atoms with van der Waals surface area (Å²) in [4.78, 5) is 22.3. The molecule has 0 N–H and O–H groups in total. The number of piperidine rings is 1. The average molecular weight is 661 g/mol. The Morgan fingerprint density at radius 2 is 1.70 bits per heavy atom. The highest BCUT2D eigenvalue weighted by Gasteiger charge is 2.32. The Hall–Kier alpha value is -3.69. The summed E-state index contributed by atoms with van der Waals surface area (Å²) in [7, 11) is 2.19. The number of sulfonamides is 1. The van der Waals surface area contributed by atoms with Crippen LogP contribution in [0.4, 0.5) is 19.0 Å². The summed E-state index contributed by atoms with van der Waals surface area (Å²) in [6, 6.07) is 8.78. The van der Waals surface area contributed by atoms with Gasteiger partial charge in [-0.25, -0.2) is 18.2 Å². The van der Waals surface area contributed by atoms with E-state index in [0.717, 1.165) is 79.9 Å². The Labute approximate surface area is 265 Å². The first-order chi connectivity index (χ1) is 21.7. The van der Waals surface area contributed by atoms with Crippen LogP contribution >= 0.6 is 0 Å². The number of nitrogens with zero attached hydrogens (tertiary/aromatic N) is 8. The summed E-state index contributed by atoms with van der Waals surface area (Å²) in [5.74, 6) is 0.801. The number of benzene rings is 1. The smallest absolute Gasteiger partial charge is 0.363 e. The molecular weight excluding hydrogens is 621 g/mol. The largest absolute Gasteiger partial charge is 0.416 e. The molecule has 0 saturated carbocycles. The number of halogens is 3. The highest BCUT2D eigenvalue weighted by atomic mass is 32.2. The van der Waals surface area contributed by atoms with Crippen molar-refractivity contribution in [2.45, 2.75) is 51.0 Å². The molecule has 0 bridgehead atoms. The molecule has 0 aliphatic carbocycles. The summed E-state index contributed by atoms with van der Waals surface area (Å²) in [6.07, 6.45) is -0.367. The second-order valence-corrected chi connectivity index (χ2v) is 14.4. The number of aryl methyl sites for hydroxylation is 2. The van der Waals surface area contributed by atoms with Crippen LogP contribution in [0, 0.1) is 0 Å². The Bertz CT molecular complexity index is 1900. The summed E-state index contributed by atoms with van der Waals surface area (Å²) >= 11 is 0. The minimum absolute atomic E-state index is 0.0552. The second-order valence-electron chi connectivity index (χ2n) is 12.5. The van der Waals surface area contributed by atoms with E-state index in [1.54, 1.807) is 11.6 Å². The van der Waals surface area contributed by atoms with Crippen molar-refractivity contribution in [1.29, 1.82) is 0 Å². The number of hydrogen-bond acceptors (Lipinski definition) is 7. The van der Waals surface area contributed by atoms with Crippen LogP contribution in [0.25, 0.3) is 22.4 Å². The van der Waals surface area contributed by atoms with Gasteiger partial charge >= 0.3 is 11.9 Å². The van der Waals surface area contributed by atoms with Crippen molar-refractivity contribution in [3.63, 3.8) is 0 Å². The lowest BCUT2D eigenvalue weighted by molar-refractivity contribution is -0.137. The molecule has 4 aromatic rings. The number of aromatic nitrogens is 5. The number of fused-ring (bicyclic) bond motifs is 2. The maximum absolute atomic E-state index is 13.2. The van der Waals surface area contributed by atoms with Crippen molar-refractivity contribution in [3.8, 4) is 11.3 Å². The number of rotatable bonds is 8. The van der Waals surface area contributed by atoms with Gasteiger partial charge in [-0.15, -0.1) is 0 Å². The monoisotopic (exact) mass is 660 g/mol. The van der Waals surface area contributed by atoms with E-state index in [1.165, 1.54) is 16.4 Å². The highest BCUT2D eigenvalue weighted by molar-refractivity contribution is 7.88. The van der Waals surface area contributed by atoms with Crippen LogP contribution in [-0.2, 0) is 42.8 Å². The first-order valence-corrected chi connectivity index (χ1v) is 17.3. The number of hydrogen-bond donors (Lipinski definition) is 0.